The van der Waals surface area contributed by atoms with E-state index in [0.29, 0.717) is 75.0 Å². The van der Waals surface area contributed by atoms with Gasteiger partial charge in [0.2, 0.25) is 11.2 Å². The van der Waals surface area contributed by atoms with Crippen molar-refractivity contribution < 1.29 is 116 Å². The number of carbonyl (C=O) groups is 5. The van der Waals surface area contributed by atoms with E-state index in [1.54, 1.807) is 139 Å². The zero-order valence-electron chi connectivity index (χ0n) is 81.7. The van der Waals surface area contributed by atoms with Gasteiger partial charge in [0.1, 0.15) is 51.5 Å². The Morgan fingerprint density at radius 3 is 1.12 bits per heavy atom. The summed E-state index contributed by atoms with van der Waals surface area (Å²) in [5, 5.41) is 45.8. The summed E-state index contributed by atoms with van der Waals surface area (Å²) in [6, 6.07) is 28.8. The maximum atomic E-state index is 15.2. The fourth-order valence-electron chi connectivity index (χ4n) is 16.8. The molecule has 142 heavy (non-hydrogen) atoms. The summed E-state index contributed by atoms with van der Waals surface area (Å²) in [7, 11) is 1.17. The first-order valence-corrected chi connectivity index (χ1v) is 47.5. The molecule has 26 nitrogen and oxygen atoms in total. The molecule has 0 spiro atoms. The first-order valence-electron chi connectivity index (χ1n) is 45.2. The number of carboxylic acid groups (broad SMARTS) is 1. The van der Waals surface area contributed by atoms with E-state index in [-0.39, 0.29) is 84.2 Å². The molecule has 6 heterocycles. The molecule has 0 fully saturated rings. The first kappa shape index (κ1) is 110. The fraction of sp³-hybridized carbons (Fsp3) is 0.410. The third-order valence-corrected chi connectivity index (χ3v) is 28.1. The smallest absolute Gasteiger partial charge is 0.422 e. The number of carboxylic acids is 1. The summed E-state index contributed by atoms with van der Waals surface area (Å²) in [5.41, 5.74) is 6.10. The highest BCUT2D eigenvalue weighted by Crippen LogP contribution is 2.54. The number of nitrogens with one attached hydrogen (secondary N) is 3. The Morgan fingerprint density at radius 2 is 0.796 bits per heavy atom. The molecule has 11 N–H and O–H groups in total. The van der Waals surface area contributed by atoms with Gasteiger partial charge < -0.3 is 60.9 Å². The Bertz CT molecular complexity index is 6490. The van der Waals surface area contributed by atoms with Gasteiger partial charge in [-0.05, 0) is 287 Å². The summed E-state index contributed by atoms with van der Waals surface area (Å²) in [6.45, 7) is 27.5. The van der Waals surface area contributed by atoms with Crippen LogP contribution in [0.15, 0.2) is 146 Å². The van der Waals surface area contributed by atoms with Crippen LogP contribution in [0.1, 0.15) is 242 Å². The zero-order chi connectivity index (χ0) is 104. The number of ether oxygens (including phenoxy) is 5. The standard InChI is InChI=1S/C38H43F4N3O6S.C29H27F4N3O3.C26H37FN4O4S.C11H10O3.CH4/c1-34(2,3)51-33(47)45-21-36(7,44-52(49)35(4,5)6)27-20-30(43-31(32(27)45)22-12-14-25(39)15-13-22)37(48,38(40,41)42)17-16-28(46)24-18-23-10-9-11-26(23)29(19-24)50-8;1-27(34)15-35-26-21(27)14-24(36-25(26)16-6-8-19(30)9-7-16)28(38,29(31,32)33)11-10-22(37)18-12-17-4-3-5-20(17)23(13-18)39-2;1-23(2,3)35-22(32)31-15-25(7,30-36(34)24(4,5)6)18-13-19(26(8,33)14-28)29-20(21(18)31)16-9-11-17(27)12-10-16;1-14-10-6-8(11(12)13)5-7-3-2-4-9(7)10;/h9-10,12-15,18-20,44,48H,11,16-17,21H2,1-8H3;3-4,6-9,12-14,35,38H,5,10-11,15,34H2,1-2H3;9-13,30,33H,14-15,28H2,1-8H3;2-3,5-6H,4H2,1H3,(H,12,13);1H4/t36-,37-,52?;27-,28-;25-,26-,36?;;/m111../s1. The Morgan fingerprint density at radius 1 is 0.479 bits per heavy atom. The van der Waals surface area contributed by atoms with Crippen LogP contribution in [0.2, 0.25) is 0 Å². The number of carbonyl (C=O) groups excluding carboxylic acids is 4. The lowest BCUT2D eigenvalue weighted by Gasteiger charge is -2.33. The number of hydrogen-bond acceptors (Lipinski definition) is 21. The van der Waals surface area contributed by atoms with Crippen molar-refractivity contribution in [3.8, 4) is 51.0 Å². The van der Waals surface area contributed by atoms with Gasteiger partial charge in [-0.15, -0.1) is 0 Å². The van der Waals surface area contributed by atoms with Gasteiger partial charge in [-0.1, -0.05) is 43.9 Å². The predicted molar refractivity (Wildman–Crippen MR) is 529 cm³/mol. The van der Waals surface area contributed by atoms with E-state index in [0.717, 1.165) is 58.5 Å². The number of nitrogens with two attached hydrogens (primary N) is 2. The molecule has 0 saturated heterocycles. The second-order valence-electron chi connectivity index (χ2n) is 40.2. The molecule has 9 aromatic rings. The van der Waals surface area contributed by atoms with E-state index in [4.69, 9.17) is 45.2 Å². The Hall–Kier alpha value is -12.1. The van der Waals surface area contributed by atoms with Crippen LogP contribution in [-0.4, -0.2) is 154 Å². The minimum atomic E-state index is -5.34. The number of Topliss-reactive ketones (excluding diaryl/α,β-unsaturated/α-hetero) is 2. The topological polar surface area (TPSA) is 380 Å². The van der Waals surface area contributed by atoms with Gasteiger partial charge in [-0.2, -0.15) is 26.3 Å². The van der Waals surface area contributed by atoms with Crippen LogP contribution in [0.25, 0.3) is 52.0 Å². The van der Waals surface area contributed by atoms with Crippen LogP contribution >= 0.6 is 0 Å². The molecule has 2 unspecified atom stereocenters. The third-order valence-electron chi connectivity index (χ3n) is 24.6. The van der Waals surface area contributed by atoms with Crippen molar-refractivity contribution in [2.24, 2.45) is 11.5 Å². The van der Waals surface area contributed by atoms with Crippen LogP contribution in [0.3, 0.4) is 0 Å². The minimum absolute atomic E-state index is 0. The Labute approximate surface area is 824 Å². The molecule has 762 valence electrons. The number of halogens is 9. The number of aromatic nitrogens is 3. The monoisotopic (exact) mass is 2010 g/mol. The molecule has 0 bridgehead atoms. The molecular weight excluding hydrogens is 1890 g/mol. The van der Waals surface area contributed by atoms with Gasteiger partial charge in [0.15, 0.2) is 11.6 Å². The van der Waals surface area contributed by atoms with Gasteiger partial charge in [0.25, 0.3) is 0 Å². The van der Waals surface area contributed by atoms with Gasteiger partial charge >= 0.3 is 30.5 Å². The number of ketones is 2. The molecule has 15 rings (SSSR count). The average molecular weight is 2010 g/mol. The molecule has 8 atom stereocenters. The number of hydrogen-bond donors (Lipinski definition) is 9. The number of aromatic carboxylic acids is 1. The molecule has 3 aromatic heterocycles. The van der Waals surface area contributed by atoms with Crippen molar-refractivity contribution in [3.63, 3.8) is 0 Å². The van der Waals surface area contributed by atoms with E-state index >= 15 is 13.2 Å². The first-order chi connectivity index (χ1) is 65.4. The molecule has 3 aliphatic heterocycles. The van der Waals surface area contributed by atoms with Gasteiger partial charge in [-0.3, -0.25) is 19.4 Å². The van der Waals surface area contributed by atoms with Crippen LogP contribution in [0.4, 0.5) is 66.2 Å². The molecular formula is C105H121F9N10O16S2. The highest BCUT2D eigenvalue weighted by molar-refractivity contribution is 7.84. The summed E-state index contributed by atoms with van der Waals surface area (Å²) in [4.78, 5) is 80.4. The molecule has 2 amide bonds. The lowest BCUT2D eigenvalue weighted by atomic mass is 9.86. The summed E-state index contributed by atoms with van der Waals surface area (Å²) in [6.07, 6.45) is -1.98. The van der Waals surface area contributed by atoms with Crippen molar-refractivity contribution in [1.29, 1.82) is 0 Å². The Kier molecular flexibility index (Phi) is 32.1. The number of nitrogens with zero attached hydrogens (tertiary/aromatic N) is 5. The van der Waals surface area contributed by atoms with E-state index in [9.17, 15) is 74.1 Å². The molecule has 37 heteroatoms. The minimum Gasteiger partial charge on any atom is -0.496 e. The van der Waals surface area contributed by atoms with E-state index in [2.05, 4.69) is 24.7 Å². The second-order valence-corrected chi connectivity index (χ2v) is 44.2. The lowest BCUT2D eigenvalue weighted by molar-refractivity contribution is -0.270. The number of alkyl halides is 6. The van der Waals surface area contributed by atoms with Crippen molar-refractivity contribution in [3.05, 3.63) is 247 Å². The molecule has 3 aliphatic carbocycles. The van der Waals surface area contributed by atoms with Crippen molar-refractivity contribution in [2.45, 2.75) is 230 Å². The maximum absolute atomic E-state index is 15.2. The van der Waals surface area contributed by atoms with Crippen LogP contribution in [-0.2, 0) is 84.1 Å². The third kappa shape index (κ3) is 23.7. The van der Waals surface area contributed by atoms with Gasteiger partial charge in [0, 0.05) is 87.1 Å². The fourth-order valence-corrected chi connectivity index (χ4v) is 18.5. The predicted octanol–water partition coefficient (Wildman–Crippen LogP) is 20.1. The van der Waals surface area contributed by atoms with Crippen molar-refractivity contribution in [2.75, 3.05) is 62.6 Å². The van der Waals surface area contributed by atoms with Crippen molar-refractivity contribution in [1.82, 2.24) is 24.4 Å². The number of anilines is 3. The summed E-state index contributed by atoms with van der Waals surface area (Å²) < 4.78 is 190. The molecule has 0 saturated carbocycles. The number of pyridine rings is 3. The van der Waals surface area contributed by atoms with E-state index in [1.807, 2.05) is 58.1 Å². The number of fused-ring (bicyclic) bond motifs is 6. The van der Waals surface area contributed by atoms with E-state index < -0.39 is 173 Å². The van der Waals surface area contributed by atoms with Gasteiger partial charge in [-0.25, -0.2) is 60.4 Å². The maximum Gasteiger partial charge on any atom is 0.422 e. The summed E-state index contributed by atoms with van der Waals surface area (Å²) >= 11 is 0. The molecule has 6 aliphatic rings. The zero-order valence-corrected chi connectivity index (χ0v) is 83.3. The number of benzene rings is 6. The number of amides is 2. The van der Waals surface area contributed by atoms with Gasteiger partial charge in [0.05, 0.1) is 139 Å². The average Bonchev–Trinajstić information content (AvgIpc) is 1.56. The van der Waals surface area contributed by atoms with E-state index in [1.165, 1.54) is 84.7 Å². The number of allylic oxidation sites excluding steroid dienone is 3. The largest absolute Gasteiger partial charge is 0.496 e. The number of aliphatic hydroxyl groups is 3. The van der Waals surface area contributed by atoms with Crippen LogP contribution in [0, 0.1) is 17.5 Å². The Balaban J connectivity index is 0.000000192. The van der Waals surface area contributed by atoms with Crippen LogP contribution in [0.5, 0.6) is 17.2 Å². The highest BCUT2D eigenvalue weighted by Gasteiger charge is 2.60. The summed E-state index contributed by atoms with van der Waals surface area (Å²) in [5.74, 6) is -2.17. The number of rotatable bonds is 23. The highest BCUT2D eigenvalue weighted by atomic mass is 32.2. The second kappa shape index (κ2) is 41.3. The quantitative estimate of drug-likeness (QED) is 0.0212. The molecule has 6 aromatic carbocycles. The SMILES string of the molecule is C.CC(C)(C)OC(=O)N1C[C@@](C)(NS(=O)C(C)(C)C)c2cc([C@](C)(O)CN)nc(-c3ccc(F)cc3)c21.COc1cc(C(=O)CC[C@@](O)(c2cc3c(c(-c4ccc(F)cc4)n2)N(C(=O)OC(C)(C)C)C[C@@]3(C)NS(=O)C(C)(C)C)C(F)(F)F)cc2c1CC=C2.COc1cc(C(=O)CC[C@@](O)(c2cc3c(c(-c4ccc(F)cc4)n2)NC[C@@]3(C)N)C(F)(F)F)cc2c1CC=C2.COc1cc(C(=O)O)cc2c1CC=C2. The van der Waals surface area contributed by atoms with Crippen molar-refractivity contribution >= 4 is 87.0 Å². The number of methoxy groups -OCH3 is 3. The lowest BCUT2D eigenvalue weighted by Crippen LogP contribution is -2.50. The molecule has 0 radical (unpaired) electrons. The van der Waals surface area contributed by atoms with Crippen LogP contribution < -0.4 is 50.2 Å². The normalized spacial score (nSPS) is 18.7.